The Hall–Kier alpha value is -1.91. The van der Waals surface area contributed by atoms with Gasteiger partial charge in [0.05, 0.1) is 9.82 Å². The topological polar surface area (TPSA) is 113 Å². The Labute approximate surface area is 160 Å². The highest BCUT2D eigenvalue weighted by molar-refractivity contribution is 9.09. The van der Waals surface area contributed by atoms with Gasteiger partial charge in [-0.2, -0.15) is 0 Å². The van der Waals surface area contributed by atoms with Gasteiger partial charge in [-0.05, 0) is 30.3 Å². The van der Waals surface area contributed by atoms with Gasteiger partial charge in [-0.25, -0.2) is 15.0 Å². The van der Waals surface area contributed by atoms with E-state index in [0.29, 0.717) is 32.8 Å². The molecule has 11 heteroatoms. The Bertz CT molecular complexity index is 950. The lowest BCUT2D eigenvalue weighted by Crippen LogP contribution is -2.02. The molecular formula is C14H12BrClN6O2S. The molecule has 0 radical (unpaired) electrons. The molecule has 0 spiro atoms. The summed E-state index contributed by atoms with van der Waals surface area (Å²) in [4.78, 5) is 24.0. The predicted octanol–water partition coefficient (Wildman–Crippen LogP) is 3.91. The largest absolute Gasteiger partial charge is 0.382 e. The average Bonchev–Trinajstić information content (AvgIpc) is 2.93. The second-order valence-electron chi connectivity index (χ2n) is 4.99. The first-order valence-electron chi connectivity index (χ1n) is 7.15. The van der Waals surface area contributed by atoms with E-state index in [1.54, 1.807) is 12.1 Å². The van der Waals surface area contributed by atoms with Crippen LogP contribution in [0.4, 0.5) is 11.5 Å². The standard InChI is InChI=1S/C14H12BrClN6O2S/c15-4-1-5-21-13-11(12(17)18-7-19-13)20-14(21)25-10-3-2-8(16)6-9(10)22(23)24/h2-3,6-7H,1,4-5H2,(H2,17,18,19). The van der Waals surface area contributed by atoms with E-state index < -0.39 is 4.92 Å². The van der Waals surface area contributed by atoms with Crippen molar-refractivity contribution in [3.05, 3.63) is 39.7 Å². The normalized spacial score (nSPS) is 11.1. The minimum Gasteiger partial charge on any atom is -0.382 e. The zero-order valence-electron chi connectivity index (χ0n) is 12.7. The molecule has 25 heavy (non-hydrogen) atoms. The minimum absolute atomic E-state index is 0.0735. The molecular weight excluding hydrogens is 432 g/mol. The third-order valence-electron chi connectivity index (χ3n) is 3.36. The van der Waals surface area contributed by atoms with Crippen molar-refractivity contribution < 1.29 is 4.92 Å². The molecule has 0 saturated heterocycles. The summed E-state index contributed by atoms with van der Waals surface area (Å²) in [5, 5.41) is 13.0. The van der Waals surface area contributed by atoms with Gasteiger partial charge in [0, 0.05) is 23.0 Å². The SMILES string of the molecule is Nc1ncnc2c1nc(Sc1ccc(Cl)cc1[N+](=O)[O-])n2CCCBr. The molecule has 1 aromatic carbocycles. The summed E-state index contributed by atoms with van der Waals surface area (Å²) in [5.41, 5.74) is 6.90. The van der Waals surface area contributed by atoms with E-state index in [1.165, 1.54) is 24.2 Å². The number of anilines is 1. The molecule has 0 aliphatic rings. The van der Waals surface area contributed by atoms with Crippen LogP contribution in [0.25, 0.3) is 11.2 Å². The van der Waals surface area contributed by atoms with Crippen molar-refractivity contribution in [1.82, 2.24) is 19.5 Å². The molecule has 130 valence electrons. The molecule has 0 amide bonds. The summed E-state index contributed by atoms with van der Waals surface area (Å²) >= 11 is 10.5. The van der Waals surface area contributed by atoms with E-state index >= 15 is 0 Å². The average molecular weight is 444 g/mol. The molecule has 2 aromatic heterocycles. The van der Waals surface area contributed by atoms with Crippen molar-refractivity contribution >= 4 is 62.0 Å². The van der Waals surface area contributed by atoms with Crippen LogP contribution in [0.15, 0.2) is 34.6 Å². The Morgan fingerprint density at radius 3 is 2.92 bits per heavy atom. The van der Waals surface area contributed by atoms with Crippen molar-refractivity contribution in [2.75, 3.05) is 11.1 Å². The number of halogens is 2. The van der Waals surface area contributed by atoms with Gasteiger partial charge < -0.3 is 10.3 Å². The molecule has 0 aliphatic heterocycles. The van der Waals surface area contributed by atoms with Gasteiger partial charge in [-0.1, -0.05) is 27.5 Å². The van der Waals surface area contributed by atoms with Crippen molar-refractivity contribution in [2.45, 2.75) is 23.0 Å². The van der Waals surface area contributed by atoms with Crippen molar-refractivity contribution in [1.29, 1.82) is 0 Å². The molecule has 0 bridgehead atoms. The quantitative estimate of drug-likeness (QED) is 0.349. The lowest BCUT2D eigenvalue weighted by atomic mass is 10.3. The number of nitro groups is 1. The molecule has 3 aromatic rings. The van der Waals surface area contributed by atoms with Crippen molar-refractivity contribution in [3.8, 4) is 0 Å². The predicted molar refractivity (Wildman–Crippen MR) is 100 cm³/mol. The van der Waals surface area contributed by atoms with Gasteiger partial charge in [-0.3, -0.25) is 10.1 Å². The van der Waals surface area contributed by atoms with E-state index in [0.717, 1.165) is 11.8 Å². The van der Waals surface area contributed by atoms with E-state index in [-0.39, 0.29) is 11.5 Å². The molecule has 0 aliphatic carbocycles. The summed E-state index contributed by atoms with van der Waals surface area (Å²) in [7, 11) is 0. The van der Waals surface area contributed by atoms with Gasteiger partial charge >= 0.3 is 0 Å². The first kappa shape index (κ1) is 17.9. The number of nitrogens with zero attached hydrogens (tertiary/aromatic N) is 5. The lowest BCUT2D eigenvalue weighted by Gasteiger charge is -2.07. The molecule has 0 atom stereocenters. The van der Waals surface area contributed by atoms with Crippen molar-refractivity contribution in [2.24, 2.45) is 0 Å². The number of nitrogen functional groups attached to an aromatic ring is 1. The first-order valence-corrected chi connectivity index (χ1v) is 9.47. The molecule has 2 N–H and O–H groups in total. The number of imidazole rings is 1. The van der Waals surface area contributed by atoms with Crippen LogP contribution in [0, 0.1) is 10.1 Å². The summed E-state index contributed by atoms with van der Waals surface area (Å²) < 4.78 is 1.89. The summed E-state index contributed by atoms with van der Waals surface area (Å²) in [6.45, 7) is 0.641. The number of hydrogen-bond donors (Lipinski definition) is 1. The van der Waals surface area contributed by atoms with Crippen LogP contribution in [-0.4, -0.2) is 29.8 Å². The Kier molecular flexibility index (Phi) is 5.40. The fraction of sp³-hybridized carbons (Fsp3) is 0.214. The molecule has 0 saturated carbocycles. The van der Waals surface area contributed by atoms with E-state index in [9.17, 15) is 10.1 Å². The van der Waals surface area contributed by atoms with Crippen molar-refractivity contribution in [3.63, 3.8) is 0 Å². The zero-order chi connectivity index (χ0) is 18.0. The summed E-state index contributed by atoms with van der Waals surface area (Å²) in [6, 6.07) is 4.54. The van der Waals surface area contributed by atoms with Crippen LogP contribution in [0.1, 0.15) is 6.42 Å². The second kappa shape index (κ2) is 7.54. The third-order valence-corrected chi connectivity index (χ3v) is 5.21. The molecule has 8 nitrogen and oxygen atoms in total. The van der Waals surface area contributed by atoms with Crippen LogP contribution in [0.3, 0.4) is 0 Å². The Morgan fingerprint density at radius 2 is 2.20 bits per heavy atom. The van der Waals surface area contributed by atoms with Crippen LogP contribution in [0.2, 0.25) is 5.02 Å². The number of rotatable bonds is 6. The highest BCUT2D eigenvalue weighted by Gasteiger charge is 2.20. The summed E-state index contributed by atoms with van der Waals surface area (Å²) in [5.74, 6) is 0.273. The summed E-state index contributed by atoms with van der Waals surface area (Å²) in [6.07, 6.45) is 2.22. The van der Waals surface area contributed by atoms with Gasteiger partial charge in [0.1, 0.15) is 6.33 Å². The van der Waals surface area contributed by atoms with Gasteiger partial charge in [0.15, 0.2) is 22.1 Å². The number of fused-ring (bicyclic) bond motifs is 1. The van der Waals surface area contributed by atoms with E-state index in [2.05, 4.69) is 30.9 Å². The maximum atomic E-state index is 11.3. The van der Waals surface area contributed by atoms with Gasteiger partial charge in [0.2, 0.25) is 0 Å². The van der Waals surface area contributed by atoms with Gasteiger partial charge in [0.25, 0.3) is 5.69 Å². The number of nitro benzene ring substituents is 1. The fourth-order valence-electron chi connectivity index (χ4n) is 2.25. The van der Waals surface area contributed by atoms with Crippen LogP contribution < -0.4 is 5.73 Å². The number of benzene rings is 1. The fourth-order valence-corrected chi connectivity index (χ4v) is 3.66. The monoisotopic (exact) mass is 442 g/mol. The first-order chi connectivity index (χ1) is 12.0. The number of aryl methyl sites for hydroxylation is 1. The maximum Gasteiger partial charge on any atom is 0.284 e. The third kappa shape index (κ3) is 3.70. The molecule has 3 rings (SSSR count). The zero-order valence-corrected chi connectivity index (χ0v) is 15.9. The second-order valence-corrected chi connectivity index (χ2v) is 7.23. The Balaban J connectivity index is 2.10. The van der Waals surface area contributed by atoms with Gasteiger partial charge in [-0.15, -0.1) is 0 Å². The minimum atomic E-state index is -0.464. The number of hydrogen-bond acceptors (Lipinski definition) is 7. The molecule has 0 fully saturated rings. The van der Waals surface area contributed by atoms with Crippen LogP contribution >= 0.6 is 39.3 Å². The molecule has 0 unspecified atom stereocenters. The highest BCUT2D eigenvalue weighted by Crippen LogP contribution is 2.37. The van der Waals surface area contributed by atoms with Crippen LogP contribution in [-0.2, 0) is 6.54 Å². The highest BCUT2D eigenvalue weighted by atomic mass is 79.9. The van der Waals surface area contributed by atoms with Crippen LogP contribution in [0.5, 0.6) is 0 Å². The smallest absolute Gasteiger partial charge is 0.284 e. The lowest BCUT2D eigenvalue weighted by molar-refractivity contribution is -0.387. The number of aromatic nitrogens is 4. The maximum absolute atomic E-state index is 11.3. The van der Waals surface area contributed by atoms with E-state index in [1.807, 2.05) is 4.57 Å². The van der Waals surface area contributed by atoms with E-state index in [4.69, 9.17) is 17.3 Å². The number of alkyl halides is 1. The number of nitrogens with two attached hydrogens (primary N) is 1. The Morgan fingerprint density at radius 1 is 1.40 bits per heavy atom. The molecule has 2 heterocycles.